The molecule has 0 amide bonds. The van der Waals surface area contributed by atoms with E-state index in [2.05, 4.69) is 20.9 Å². The van der Waals surface area contributed by atoms with Gasteiger partial charge in [-0.3, -0.25) is 14.2 Å². The van der Waals surface area contributed by atoms with Gasteiger partial charge in [0.05, 0.1) is 23.8 Å². The van der Waals surface area contributed by atoms with Gasteiger partial charge in [-0.1, -0.05) is 39.7 Å². The van der Waals surface area contributed by atoms with Gasteiger partial charge in [0.1, 0.15) is 0 Å². The number of halogens is 2. The van der Waals surface area contributed by atoms with E-state index in [1.165, 1.54) is 10.9 Å². The topological polar surface area (TPSA) is 52.0 Å². The maximum absolute atomic E-state index is 12.4. The summed E-state index contributed by atoms with van der Waals surface area (Å²) in [5, 5.41) is 0.955. The minimum Gasteiger partial charge on any atom is -0.292 e. The zero-order valence-corrected chi connectivity index (χ0v) is 13.6. The normalized spacial score (nSPS) is 10.8. The number of benzene rings is 2. The van der Waals surface area contributed by atoms with Gasteiger partial charge in [0.25, 0.3) is 5.56 Å². The highest BCUT2D eigenvalue weighted by atomic mass is 79.9. The number of aromatic nitrogens is 2. The van der Waals surface area contributed by atoms with Gasteiger partial charge in [-0.15, -0.1) is 0 Å². The lowest BCUT2D eigenvalue weighted by molar-refractivity contribution is 0.0970. The summed E-state index contributed by atoms with van der Waals surface area (Å²) in [7, 11) is 0. The quantitative estimate of drug-likeness (QED) is 0.654. The van der Waals surface area contributed by atoms with Gasteiger partial charge >= 0.3 is 0 Å². The maximum Gasteiger partial charge on any atom is 0.261 e. The predicted molar refractivity (Wildman–Crippen MR) is 89.5 cm³/mol. The summed E-state index contributed by atoms with van der Waals surface area (Å²) in [5.41, 5.74) is 0.797. The van der Waals surface area contributed by atoms with Gasteiger partial charge < -0.3 is 0 Å². The molecule has 0 aliphatic heterocycles. The molecule has 0 aliphatic carbocycles. The average molecular weight is 378 g/mol. The molecule has 0 bridgehead atoms. The molecule has 3 aromatic rings. The summed E-state index contributed by atoms with van der Waals surface area (Å²) in [4.78, 5) is 28.9. The molecule has 0 atom stereocenters. The third-order valence-electron chi connectivity index (χ3n) is 3.25. The van der Waals surface area contributed by atoms with E-state index in [-0.39, 0.29) is 17.9 Å². The Bertz CT molecular complexity index is 937. The first kappa shape index (κ1) is 14.9. The summed E-state index contributed by atoms with van der Waals surface area (Å²) in [6, 6.07) is 11.9. The van der Waals surface area contributed by atoms with Gasteiger partial charge in [0.15, 0.2) is 5.78 Å². The minimum absolute atomic E-state index is 0.0547. The highest BCUT2D eigenvalue weighted by Gasteiger charge is 2.10. The number of fused-ring (bicyclic) bond motifs is 1. The number of carbonyl (C=O) groups excluding carboxylic acids is 1. The Morgan fingerprint density at radius 1 is 1.23 bits per heavy atom. The molecule has 0 radical (unpaired) electrons. The van der Waals surface area contributed by atoms with E-state index in [4.69, 9.17) is 11.6 Å². The molecule has 2 aromatic carbocycles. The van der Waals surface area contributed by atoms with E-state index in [0.717, 1.165) is 4.47 Å². The molecule has 0 saturated heterocycles. The van der Waals surface area contributed by atoms with E-state index in [9.17, 15) is 9.59 Å². The Hall–Kier alpha value is -1.98. The van der Waals surface area contributed by atoms with Crippen LogP contribution in [-0.2, 0) is 6.54 Å². The van der Waals surface area contributed by atoms with E-state index >= 15 is 0 Å². The number of Topliss-reactive ketones (excluding diaryl/α,β-unsaturated/α-hetero) is 1. The molecule has 0 N–H and O–H groups in total. The van der Waals surface area contributed by atoms with Gasteiger partial charge in [-0.2, -0.15) is 0 Å². The fourth-order valence-electron chi connectivity index (χ4n) is 2.15. The monoisotopic (exact) mass is 376 g/mol. The first-order chi connectivity index (χ1) is 10.5. The van der Waals surface area contributed by atoms with E-state index in [1.807, 2.05) is 6.07 Å². The number of nitrogens with zero attached hydrogens (tertiary/aromatic N) is 2. The van der Waals surface area contributed by atoms with Gasteiger partial charge in [-0.05, 0) is 30.3 Å². The van der Waals surface area contributed by atoms with Crippen molar-refractivity contribution in [3.63, 3.8) is 0 Å². The molecule has 0 fully saturated rings. The molecular weight excluding hydrogens is 368 g/mol. The lowest BCUT2D eigenvalue weighted by atomic mass is 10.1. The molecule has 1 heterocycles. The summed E-state index contributed by atoms with van der Waals surface area (Å²) >= 11 is 9.21. The van der Waals surface area contributed by atoms with Crippen molar-refractivity contribution in [3.05, 3.63) is 74.2 Å². The van der Waals surface area contributed by atoms with Crippen LogP contribution >= 0.6 is 27.5 Å². The molecule has 0 saturated carbocycles. The summed E-state index contributed by atoms with van der Waals surface area (Å²) in [6.45, 7) is -0.0547. The smallest absolute Gasteiger partial charge is 0.261 e. The summed E-state index contributed by atoms with van der Waals surface area (Å²) in [6.07, 6.45) is 1.37. The van der Waals surface area contributed by atoms with Crippen LogP contribution in [0.3, 0.4) is 0 Å². The Labute approximate surface area is 139 Å². The highest BCUT2D eigenvalue weighted by molar-refractivity contribution is 9.10. The second kappa shape index (κ2) is 6.02. The van der Waals surface area contributed by atoms with Crippen LogP contribution in [0, 0.1) is 0 Å². The van der Waals surface area contributed by atoms with Crippen LogP contribution in [0.2, 0.25) is 5.02 Å². The van der Waals surface area contributed by atoms with E-state index in [0.29, 0.717) is 21.5 Å². The Morgan fingerprint density at radius 3 is 2.82 bits per heavy atom. The Balaban J connectivity index is 1.97. The molecule has 1 aromatic heterocycles. The maximum atomic E-state index is 12.4. The van der Waals surface area contributed by atoms with Gasteiger partial charge in [0, 0.05) is 15.1 Å². The van der Waals surface area contributed by atoms with E-state index < -0.39 is 0 Å². The zero-order valence-electron chi connectivity index (χ0n) is 11.3. The van der Waals surface area contributed by atoms with Crippen molar-refractivity contribution in [1.29, 1.82) is 0 Å². The van der Waals surface area contributed by atoms with Crippen LogP contribution in [-0.4, -0.2) is 15.3 Å². The highest BCUT2D eigenvalue weighted by Crippen LogP contribution is 2.15. The number of rotatable bonds is 3. The SMILES string of the molecule is O=C(Cn1cnc2cc(Cl)ccc2c1=O)c1cccc(Br)c1. The third kappa shape index (κ3) is 2.96. The van der Waals surface area contributed by atoms with Crippen molar-refractivity contribution in [3.8, 4) is 0 Å². The van der Waals surface area contributed by atoms with Crippen LogP contribution in [0.4, 0.5) is 0 Å². The molecular formula is C16H10BrClN2O2. The van der Waals surface area contributed by atoms with Crippen molar-refractivity contribution >= 4 is 44.2 Å². The molecule has 22 heavy (non-hydrogen) atoms. The largest absolute Gasteiger partial charge is 0.292 e. The molecule has 0 unspecified atom stereocenters. The van der Waals surface area contributed by atoms with Gasteiger partial charge in [0.2, 0.25) is 0 Å². The van der Waals surface area contributed by atoms with Crippen LogP contribution < -0.4 is 5.56 Å². The molecule has 4 nitrogen and oxygen atoms in total. The first-order valence-electron chi connectivity index (χ1n) is 6.48. The molecule has 0 spiro atoms. The van der Waals surface area contributed by atoms with Crippen molar-refractivity contribution in [2.24, 2.45) is 0 Å². The number of carbonyl (C=O) groups is 1. The Morgan fingerprint density at radius 2 is 2.05 bits per heavy atom. The second-order valence-corrected chi connectivity index (χ2v) is 6.12. The predicted octanol–water partition coefficient (Wildman–Crippen LogP) is 3.70. The first-order valence-corrected chi connectivity index (χ1v) is 7.65. The summed E-state index contributed by atoms with van der Waals surface area (Å²) in [5.74, 6) is -0.154. The van der Waals surface area contributed by atoms with Crippen molar-refractivity contribution in [2.75, 3.05) is 0 Å². The zero-order chi connectivity index (χ0) is 15.7. The molecule has 3 rings (SSSR count). The standard InChI is InChI=1S/C16H10BrClN2O2/c17-11-3-1-2-10(6-11)15(21)8-20-9-19-14-7-12(18)4-5-13(14)16(20)22/h1-7,9H,8H2. The van der Waals surface area contributed by atoms with Gasteiger partial charge in [-0.25, -0.2) is 4.98 Å². The number of hydrogen-bond donors (Lipinski definition) is 0. The second-order valence-electron chi connectivity index (χ2n) is 4.77. The van der Waals surface area contributed by atoms with Crippen molar-refractivity contribution in [1.82, 2.24) is 9.55 Å². The van der Waals surface area contributed by atoms with Crippen LogP contribution in [0.15, 0.2) is 58.1 Å². The lowest BCUT2D eigenvalue weighted by Gasteiger charge is -2.06. The lowest BCUT2D eigenvalue weighted by Crippen LogP contribution is -2.24. The number of hydrogen-bond acceptors (Lipinski definition) is 3. The molecule has 0 aliphatic rings. The van der Waals surface area contributed by atoms with Crippen molar-refractivity contribution in [2.45, 2.75) is 6.54 Å². The fraction of sp³-hybridized carbons (Fsp3) is 0.0625. The fourth-order valence-corrected chi connectivity index (χ4v) is 2.72. The third-order valence-corrected chi connectivity index (χ3v) is 3.98. The van der Waals surface area contributed by atoms with Crippen LogP contribution in [0.25, 0.3) is 10.9 Å². The average Bonchev–Trinajstić information content (AvgIpc) is 2.50. The van der Waals surface area contributed by atoms with Crippen molar-refractivity contribution < 1.29 is 4.79 Å². The summed E-state index contributed by atoms with van der Waals surface area (Å²) < 4.78 is 2.12. The van der Waals surface area contributed by atoms with E-state index in [1.54, 1.807) is 36.4 Å². The molecule has 110 valence electrons. The molecule has 6 heteroatoms. The number of ketones is 1. The van der Waals surface area contributed by atoms with Crippen LogP contribution in [0.5, 0.6) is 0 Å². The minimum atomic E-state index is -0.259. The Kier molecular flexibility index (Phi) is 4.09. The van der Waals surface area contributed by atoms with Crippen LogP contribution in [0.1, 0.15) is 10.4 Å².